The molecule has 236 valence electrons. The van der Waals surface area contributed by atoms with Gasteiger partial charge in [-0.2, -0.15) is 0 Å². The Morgan fingerprint density at radius 3 is 1.29 bits per heavy atom. The molecule has 0 unspecified atom stereocenters. The fourth-order valence-corrected chi connectivity index (χ4v) is 9.31. The molecular formula is C50H31N. The molecule has 1 heteroatoms. The van der Waals surface area contributed by atoms with Crippen LogP contribution in [0.2, 0.25) is 0 Å². The second-order valence-corrected chi connectivity index (χ2v) is 13.8. The van der Waals surface area contributed by atoms with Crippen LogP contribution in [0.15, 0.2) is 188 Å². The zero-order valence-electron chi connectivity index (χ0n) is 27.8. The summed E-state index contributed by atoms with van der Waals surface area (Å²) in [7, 11) is 0. The van der Waals surface area contributed by atoms with Crippen molar-refractivity contribution in [2.75, 3.05) is 0 Å². The third-order valence-electron chi connectivity index (χ3n) is 11.3. The maximum absolute atomic E-state index is 5.22. The van der Waals surface area contributed by atoms with Crippen LogP contribution in [0.3, 0.4) is 0 Å². The van der Waals surface area contributed by atoms with Gasteiger partial charge in [-0.1, -0.05) is 170 Å². The molecule has 0 saturated heterocycles. The summed E-state index contributed by atoms with van der Waals surface area (Å²) in [5.74, 6) is 0. The molecule has 0 saturated carbocycles. The van der Waals surface area contributed by atoms with Gasteiger partial charge in [0.15, 0.2) is 0 Å². The van der Waals surface area contributed by atoms with Crippen LogP contribution in [0.5, 0.6) is 0 Å². The van der Waals surface area contributed by atoms with Crippen LogP contribution < -0.4 is 0 Å². The lowest BCUT2D eigenvalue weighted by Gasteiger charge is -2.30. The quantitative estimate of drug-likeness (QED) is 0.174. The number of hydrogen-bond donors (Lipinski definition) is 0. The molecule has 2 aliphatic rings. The van der Waals surface area contributed by atoms with Gasteiger partial charge >= 0.3 is 0 Å². The number of nitrogens with zero attached hydrogens (tertiary/aromatic N) is 1. The standard InChI is InChI=1S/C50H31N/c1-2-14-32(15-3-1)48-39-19-4-6-21-41(39)49(42-22-7-5-20-40(42)48)47-29-27-34(31-51-47)33-26-28-38-37-18-10-13-25-45(37)50(46(38)30-33)43-23-11-8-16-35(43)36-17-9-12-24-44(36)50/h1-31H. The van der Waals surface area contributed by atoms with E-state index in [1.165, 1.54) is 88.3 Å². The minimum absolute atomic E-state index is 0.360. The monoisotopic (exact) mass is 645 g/mol. The summed E-state index contributed by atoms with van der Waals surface area (Å²) in [4.78, 5) is 5.22. The molecule has 1 aromatic heterocycles. The Bertz CT molecular complexity index is 2720. The molecule has 0 atom stereocenters. The zero-order chi connectivity index (χ0) is 33.5. The minimum atomic E-state index is -0.360. The molecule has 0 fully saturated rings. The molecule has 2 aliphatic carbocycles. The van der Waals surface area contributed by atoms with Gasteiger partial charge in [0.05, 0.1) is 11.1 Å². The van der Waals surface area contributed by atoms with Crippen molar-refractivity contribution in [3.63, 3.8) is 0 Å². The highest BCUT2D eigenvalue weighted by atomic mass is 14.7. The lowest BCUT2D eigenvalue weighted by Crippen LogP contribution is -2.25. The summed E-state index contributed by atoms with van der Waals surface area (Å²) in [6.45, 7) is 0. The fourth-order valence-electron chi connectivity index (χ4n) is 9.31. The van der Waals surface area contributed by atoms with Crippen LogP contribution in [-0.2, 0) is 5.41 Å². The van der Waals surface area contributed by atoms with Gasteiger partial charge in [-0.15, -0.1) is 0 Å². The number of hydrogen-bond acceptors (Lipinski definition) is 1. The van der Waals surface area contributed by atoms with Crippen LogP contribution in [0.4, 0.5) is 0 Å². The van der Waals surface area contributed by atoms with Crippen LogP contribution in [0.1, 0.15) is 22.3 Å². The summed E-state index contributed by atoms with van der Waals surface area (Å²) in [5.41, 5.74) is 17.3. The lowest BCUT2D eigenvalue weighted by atomic mass is 9.70. The lowest BCUT2D eigenvalue weighted by molar-refractivity contribution is 0.794. The topological polar surface area (TPSA) is 12.9 Å². The van der Waals surface area contributed by atoms with Crippen molar-refractivity contribution < 1.29 is 0 Å². The van der Waals surface area contributed by atoms with Crippen molar-refractivity contribution in [1.29, 1.82) is 0 Å². The summed E-state index contributed by atoms with van der Waals surface area (Å²) < 4.78 is 0. The Balaban J connectivity index is 1.09. The fraction of sp³-hybridized carbons (Fsp3) is 0.0200. The van der Waals surface area contributed by atoms with Crippen molar-refractivity contribution in [1.82, 2.24) is 4.98 Å². The van der Waals surface area contributed by atoms with Crippen LogP contribution in [0.25, 0.3) is 77.3 Å². The highest BCUT2D eigenvalue weighted by molar-refractivity contribution is 6.21. The normalized spacial score (nSPS) is 13.3. The van der Waals surface area contributed by atoms with Crippen LogP contribution in [0, 0.1) is 0 Å². The first-order chi connectivity index (χ1) is 25.3. The predicted molar refractivity (Wildman–Crippen MR) is 212 cm³/mol. The summed E-state index contributed by atoms with van der Waals surface area (Å²) in [6.07, 6.45) is 2.07. The highest BCUT2D eigenvalue weighted by Gasteiger charge is 2.51. The number of aromatic nitrogens is 1. The van der Waals surface area contributed by atoms with E-state index >= 15 is 0 Å². The summed E-state index contributed by atoms with van der Waals surface area (Å²) in [5, 5.41) is 4.91. The van der Waals surface area contributed by atoms with E-state index in [4.69, 9.17) is 4.98 Å². The van der Waals surface area contributed by atoms with E-state index < -0.39 is 0 Å². The van der Waals surface area contributed by atoms with Crippen LogP contribution >= 0.6 is 0 Å². The molecule has 51 heavy (non-hydrogen) atoms. The molecule has 1 heterocycles. The molecule has 0 N–H and O–H groups in total. The van der Waals surface area contributed by atoms with Gasteiger partial charge in [0.2, 0.25) is 0 Å². The van der Waals surface area contributed by atoms with Gasteiger partial charge in [0.25, 0.3) is 0 Å². The first-order valence-electron chi connectivity index (χ1n) is 17.7. The van der Waals surface area contributed by atoms with E-state index in [1.54, 1.807) is 0 Å². The van der Waals surface area contributed by atoms with Gasteiger partial charge in [0, 0.05) is 17.3 Å². The molecular weight excluding hydrogens is 615 g/mol. The first kappa shape index (κ1) is 28.3. The molecule has 0 amide bonds. The zero-order valence-corrected chi connectivity index (χ0v) is 27.8. The van der Waals surface area contributed by atoms with Crippen molar-refractivity contribution in [3.8, 4) is 55.8 Å². The maximum atomic E-state index is 5.22. The van der Waals surface area contributed by atoms with Crippen molar-refractivity contribution in [2.24, 2.45) is 0 Å². The Labute approximate surface area is 297 Å². The highest BCUT2D eigenvalue weighted by Crippen LogP contribution is 2.63. The van der Waals surface area contributed by atoms with E-state index in [1.807, 2.05) is 0 Å². The molecule has 0 radical (unpaired) electrons. The second-order valence-electron chi connectivity index (χ2n) is 13.8. The van der Waals surface area contributed by atoms with E-state index in [9.17, 15) is 0 Å². The number of pyridine rings is 1. The average Bonchev–Trinajstić information content (AvgIpc) is 3.67. The SMILES string of the molecule is c1ccc(-c2c3ccccc3c(-c3ccc(-c4ccc5c(c4)C4(c6ccccc6-c6ccccc64)c4ccccc4-5)cn3)c3ccccc23)cc1. The van der Waals surface area contributed by atoms with Gasteiger partial charge < -0.3 is 0 Å². The number of fused-ring (bicyclic) bond motifs is 12. The van der Waals surface area contributed by atoms with Gasteiger partial charge in [-0.05, 0) is 94.9 Å². The summed E-state index contributed by atoms with van der Waals surface area (Å²) in [6, 6.07) is 66.8. The third kappa shape index (κ3) is 3.83. The predicted octanol–water partition coefficient (Wildman–Crippen LogP) is 12.7. The molecule has 11 rings (SSSR count). The van der Waals surface area contributed by atoms with E-state index in [0.717, 1.165) is 11.3 Å². The van der Waals surface area contributed by atoms with Crippen molar-refractivity contribution in [3.05, 3.63) is 210 Å². The van der Waals surface area contributed by atoms with E-state index in [2.05, 4.69) is 188 Å². The molecule has 1 spiro atoms. The maximum Gasteiger partial charge on any atom is 0.0725 e. The Kier molecular flexibility index (Phi) is 5.94. The third-order valence-corrected chi connectivity index (χ3v) is 11.3. The van der Waals surface area contributed by atoms with Gasteiger partial charge in [0.1, 0.15) is 0 Å². The van der Waals surface area contributed by atoms with E-state index in [0.29, 0.717) is 0 Å². The minimum Gasteiger partial charge on any atom is -0.256 e. The van der Waals surface area contributed by atoms with Gasteiger partial charge in [-0.3, -0.25) is 4.98 Å². The second kappa shape index (κ2) is 10.7. The Morgan fingerprint density at radius 2 is 0.765 bits per heavy atom. The smallest absolute Gasteiger partial charge is 0.0725 e. The van der Waals surface area contributed by atoms with Crippen molar-refractivity contribution in [2.45, 2.75) is 5.41 Å². The molecule has 0 bridgehead atoms. The number of rotatable bonds is 3. The molecule has 9 aromatic rings. The Morgan fingerprint density at radius 1 is 0.314 bits per heavy atom. The van der Waals surface area contributed by atoms with Crippen LogP contribution in [-0.4, -0.2) is 4.98 Å². The van der Waals surface area contributed by atoms with Gasteiger partial charge in [-0.25, -0.2) is 0 Å². The molecule has 8 aromatic carbocycles. The average molecular weight is 646 g/mol. The first-order valence-corrected chi connectivity index (χ1v) is 17.7. The molecule has 0 aliphatic heterocycles. The summed E-state index contributed by atoms with van der Waals surface area (Å²) >= 11 is 0. The van der Waals surface area contributed by atoms with E-state index in [-0.39, 0.29) is 5.41 Å². The van der Waals surface area contributed by atoms with Crippen molar-refractivity contribution >= 4 is 21.5 Å². The largest absolute Gasteiger partial charge is 0.256 e. The Hall–Kier alpha value is -6.57. The number of benzene rings is 8. The molecule has 1 nitrogen and oxygen atoms in total.